The molecule has 2 amide bonds. The van der Waals surface area contributed by atoms with Crippen LogP contribution in [-0.4, -0.2) is 86.1 Å². The van der Waals surface area contributed by atoms with E-state index in [2.05, 4.69) is 71.1 Å². The van der Waals surface area contributed by atoms with Gasteiger partial charge in [0.2, 0.25) is 5.69 Å². The third kappa shape index (κ3) is 10.2. The highest BCUT2D eigenvalue weighted by Crippen LogP contribution is 2.55. The number of nitrogens with zero attached hydrogens (tertiary/aromatic N) is 3. The average molecular weight is 883 g/mol. The van der Waals surface area contributed by atoms with Crippen molar-refractivity contribution in [3.05, 3.63) is 101 Å². The molecule has 1 N–H and O–H groups in total. The van der Waals surface area contributed by atoms with Crippen LogP contribution in [0.5, 0.6) is 0 Å². The molecule has 0 radical (unpaired) electrons. The Bertz CT molecular complexity index is 2260. The van der Waals surface area contributed by atoms with E-state index in [1.54, 1.807) is 13.2 Å². The number of hydroxylamine groups is 2. The molecule has 0 aromatic heterocycles. The fourth-order valence-corrected chi connectivity index (χ4v) is 11.0. The summed E-state index contributed by atoms with van der Waals surface area (Å²) >= 11 is 0. The first-order valence-electron chi connectivity index (χ1n) is 23.1. The molecule has 2 aromatic rings. The predicted molar refractivity (Wildman–Crippen MR) is 243 cm³/mol. The first-order valence-corrected chi connectivity index (χ1v) is 24.5. The number of unbranched alkanes of at least 4 members (excludes halogenated alkanes) is 2. The molecule has 13 heteroatoms. The van der Waals surface area contributed by atoms with Crippen molar-refractivity contribution in [2.75, 3.05) is 44.9 Å². The molecule has 3 heterocycles. The molecular formula is C50H64N3O9S+. The fourth-order valence-electron chi connectivity index (χ4n) is 10.5. The van der Waals surface area contributed by atoms with E-state index >= 15 is 0 Å². The maximum Gasteiger partial charge on any atom is 0.333 e. The minimum Gasteiger partial charge on any atom is -0.382 e. The van der Waals surface area contributed by atoms with E-state index in [1.165, 1.54) is 47.8 Å². The zero-order valence-electron chi connectivity index (χ0n) is 37.0. The Kier molecular flexibility index (Phi) is 15.3. The number of aryl methyl sites for hydroxylation is 1. The summed E-state index contributed by atoms with van der Waals surface area (Å²) in [7, 11) is -2.72. The number of amides is 2. The van der Waals surface area contributed by atoms with Crippen LogP contribution in [0.4, 0.5) is 11.4 Å². The summed E-state index contributed by atoms with van der Waals surface area (Å²) < 4.78 is 48.3. The van der Waals surface area contributed by atoms with Crippen LogP contribution < -0.4 is 4.90 Å². The second-order valence-electron chi connectivity index (χ2n) is 17.5. The predicted octanol–water partition coefficient (Wildman–Crippen LogP) is 8.90. The van der Waals surface area contributed by atoms with Crippen molar-refractivity contribution in [2.45, 2.75) is 132 Å². The highest BCUT2D eigenvalue weighted by molar-refractivity contribution is 7.85. The summed E-state index contributed by atoms with van der Waals surface area (Å²) in [6, 6.07) is 12.0. The summed E-state index contributed by atoms with van der Waals surface area (Å²) in [6.07, 6.45) is 28.7. The van der Waals surface area contributed by atoms with Gasteiger partial charge in [-0.1, -0.05) is 88.0 Å². The third-order valence-corrected chi connectivity index (χ3v) is 14.5. The largest absolute Gasteiger partial charge is 0.382 e. The van der Waals surface area contributed by atoms with E-state index in [0.717, 1.165) is 81.3 Å². The maximum atomic E-state index is 12.5. The Hall–Kier alpha value is -4.69. The van der Waals surface area contributed by atoms with E-state index in [4.69, 9.17) is 14.3 Å². The molecular weight excluding hydrogens is 819 g/mol. The number of anilines is 1. The van der Waals surface area contributed by atoms with E-state index in [9.17, 15) is 27.4 Å². The molecule has 3 fully saturated rings. The van der Waals surface area contributed by atoms with Gasteiger partial charge in [0.05, 0.1) is 30.1 Å². The number of rotatable bonds is 19. The Morgan fingerprint density at radius 2 is 1.51 bits per heavy atom. The molecule has 2 saturated carbocycles. The molecule has 1 saturated heterocycles. The number of carbonyl (C=O) groups is 3. The Morgan fingerprint density at radius 3 is 2.21 bits per heavy atom. The van der Waals surface area contributed by atoms with Crippen molar-refractivity contribution in [1.29, 1.82) is 0 Å². The zero-order valence-corrected chi connectivity index (χ0v) is 37.8. The minimum atomic E-state index is -4.41. The number of methoxy groups -OCH3 is 1. The lowest BCUT2D eigenvalue weighted by molar-refractivity contribution is -0.438. The molecule has 338 valence electrons. The van der Waals surface area contributed by atoms with Gasteiger partial charge in [-0.2, -0.15) is 13.0 Å². The van der Waals surface area contributed by atoms with E-state index in [-0.39, 0.29) is 29.6 Å². The molecule has 3 aliphatic heterocycles. The van der Waals surface area contributed by atoms with Crippen molar-refractivity contribution in [2.24, 2.45) is 0 Å². The summed E-state index contributed by atoms with van der Waals surface area (Å²) in [5, 5.41) is 0.587. The lowest BCUT2D eigenvalue weighted by atomic mass is 9.67. The number of allylic oxidation sites excluding steroid dienone is 8. The van der Waals surface area contributed by atoms with Gasteiger partial charge in [0.1, 0.15) is 6.54 Å². The van der Waals surface area contributed by atoms with E-state index in [0.29, 0.717) is 44.3 Å². The maximum absolute atomic E-state index is 12.5. The first kappa shape index (κ1) is 46.3. The summed E-state index contributed by atoms with van der Waals surface area (Å²) in [5.74, 6) is -1.60. The van der Waals surface area contributed by atoms with Gasteiger partial charge >= 0.3 is 5.97 Å². The number of carbonyl (C=O) groups excluding carboxylic acids is 3. The molecule has 7 rings (SSSR count). The van der Waals surface area contributed by atoms with Crippen LogP contribution in [-0.2, 0) is 56.1 Å². The van der Waals surface area contributed by atoms with Crippen LogP contribution in [0, 0.1) is 0 Å². The van der Waals surface area contributed by atoms with Crippen molar-refractivity contribution in [1.82, 2.24) is 5.06 Å². The van der Waals surface area contributed by atoms with Gasteiger partial charge < -0.3 is 19.2 Å². The molecule has 0 bridgehead atoms. The average Bonchev–Trinajstić information content (AvgIpc) is 3.82. The Balaban J connectivity index is 1.11. The quantitative estimate of drug-likeness (QED) is 0.0478. The lowest BCUT2D eigenvalue weighted by Gasteiger charge is -2.37. The summed E-state index contributed by atoms with van der Waals surface area (Å²) in [6.45, 7) is 5.37. The first-order chi connectivity index (χ1) is 30.5. The van der Waals surface area contributed by atoms with Crippen molar-refractivity contribution in [3.63, 3.8) is 0 Å². The normalized spacial score (nSPS) is 20.2. The topological polar surface area (TPSA) is 143 Å². The molecule has 63 heavy (non-hydrogen) atoms. The zero-order chi connectivity index (χ0) is 44.5. The number of fused-ring (bicyclic) bond motifs is 4. The van der Waals surface area contributed by atoms with Crippen molar-refractivity contribution >= 4 is 45.0 Å². The van der Waals surface area contributed by atoms with E-state index in [1.807, 2.05) is 12.1 Å². The molecule has 2 aromatic carbocycles. The smallest absolute Gasteiger partial charge is 0.333 e. The number of imide groups is 1. The van der Waals surface area contributed by atoms with Gasteiger partial charge in [0, 0.05) is 73.8 Å². The number of benzene rings is 2. The SMILES string of the molecule is CCc1ccc2c(c1)C1(CCCCC1)C(=CC=CC=CC=CC1=[N+](CCCCCC(=O)ON3C(=O)CCC3=O)c3ccc(S(=O)(=O)O)cc3C13CCCCC3)N2CCOCCOC. The monoisotopic (exact) mass is 882 g/mol. The highest BCUT2D eigenvalue weighted by atomic mass is 32.2. The van der Waals surface area contributed by atoms with Crippen LogP contribution in [0.3, 0.4) is 0 Å². The lowest BCUT2D eigenvalue weighted by Crippen LogP contribution is -2.36. The number of hydrogen-bond acceptors (Lipinski definition) is 9. The molecule has 5 aliphatic rings. The third-order valence-electron chi connectivity index (χ3n) is 13.6. The van der Waals surface area contributed by atoms with Crippen LogP contribution in [0.1, 0.15) is 126 Å². The summed E-state index contributed by atoms with van der Waals surface area (Å²) in [5.41, 5.74) is 7.98. The van der Waals surface area contributed by atoms with Gasteiger partial charge in [-0.3, -0.25) is 14.1 Å². The number of ether oxygens (including phenoxy) is 2. The molecule has 2 spiro atoms. The van der Waals surface area contributed by atoms with Crippen LogP contribution in [0.2, 0.25) is 0 Å². The van der Waals surface area contributed by atoms with Crippen LogP contribution in [0.25, 0.3) is 0 Å². The van der Waals surface area contributed by atoms with Gasteiger partial charge in [-0.25, -0.2) is 4.79 Å². The highest BCUT2D eigenvalue weighted by Gasteiger charge is 2.52. The fraction of sp³-hybridized carbons (Fsp3) is 0.520. The Morgan fingerprint density at radius 1 is 0.810 bits per heavy atom. The van der Waals surface area contributed by atoms with Crippen molar-refractivity contribution in [3.8, 4) is 0 Å². The van der Waals surface area contributed by atoms with E-state index < -0.39 is 33.3 Å². The van der Waals surface area contributed by atoms with Gasteiger partial charge in [0.15, 0.2) is 5.71 Å². The molecule has 2 aliphatic carbocycles. The molecule has 0 atom stereocenters. The van der Waals surface area contributed by atoms with Crippen LogP contribution >= 0.6 is 0 Å². The summed E-state index contributed by atoms with van der Waals surface area (Å²) in [4.78, 5) is 43.7. The molecule has 12 nitrogen and oxygen atoms in total. The van der Waals surface area contributed by atoms with Gasteiger partial charge in [-0.15, -0.1) is 5.06 Å². The van der Waals surface area contributed by atoms with Gasteiger partial charge in [-0.05, 0) is 80.3 Å². The second-order valence-corrected chi connectivity index (χ2v) is 18.9. The second kappa shape index (κ2) is 20.9. The molecule has 0 unspecified atom stereocenters. The van der Waals surface area contributed by atoms with Gasteiger partial charge in [0.25, 0.3) is 21.9 Å². The standard InChI is InChI=1S/C50H63N3O9S/c1-3-38-21-23-42-40(36-38)49(27-13-8-14-28-49)45(52(42)32-33-61-35-34-60-2)19-11-6-4-5-10-18-44-50(29-15-9-16-30-50)41-37-39(63(57,58)59)22-24-43(41)51(44)31-17-7-12-20-48(56)62-53-46(54)25-26-47(53)55/h4-6,10-11,18-19,21-24,36-37H,3,7-9,12-17,20,25-35H2,1-2H3/p+1. The minimum absolute atomic E-state index is 0.0157. The van der Waals surface area contributed by atoms with Crippen molar-refractivity contribution < 1.29 is 46.2 Å². The Labute approximate surface area is 373 Å². The van der Waals surface area contributed by atoms with Crippen LogP contribution in [0.15, 0.2) is 89.5 Å². The number of hydrogen-bond donors (Lipinski definition) is 1.